The highest BCUT2D eigenvalue weighted by atomic mass is 19.4. The molecule has 2 N–H and O–H groups in total. The van der Waals surface area contributed by atoms with Gasteiger partial charge in [0.25, 0.3) is 0 Å². The number of nitrogens with zero attached hydrogens (tertiary/aromatic N) is 4. The van der Waals surface area contributed by atoms with E-state index in [1.165, 1.54) is 0 Å². The molecule has 0 aromatic carbocycles. The van der Waals surface area contributed by atoms with Crippen LogP contribution in [0.5, 0.6) is 0 Å². The van der Waals surface area contributed by atoms with Crippen molar-refractivity contribution in [3.8, 4) is 0 Å². The van der Waals surface area contributed by atoms with Crippen LogP contribution in [-0.2, 0) is 21.2 Å². The fraction of sp³-hybridized carbons (Fsp3) is 0.722. The minimum absolute atomic E-state index is 0.0106. The summed E-state index contributed by atoms with van der Waals surface area (Å²) in [6.45, 7) is 6.18. The lowest BCUT2D eigenvalue weighted by Gasteiger charge is -2.42. The van der Waals surface area contributed by atoms with Crippen LogP contribution >= 0.6 is 0 Å². The van der Waals surface area contributed by atoms with Gasteiger partial charge < -0.3 is 25.2 Å². The molecule has 3 fully saturated rings. The van der Waals surface area contributed by atoms with Crippen molar-refractivity contribution in [3.05, 3.63) is 17.6 Å². The Hall–Kier alpha value is -1.98. The minimum atomic E-state index is -4.54. The highest BCUT2D eigenvalue weighted by Gasteiger charge is 2.41. The molecule has 4 rings (SSSR count). The molecule has 4 heterocycles. The number of amides is 1. The molecule has 1 amide bonds. The van der Waals surface area contributed by atoms with Crippen molar-refractivity contribution >= 4 is 11.7 Å². The summed E-state index contributed by atoms with van der Waals surface area (Å²) in [5.41, 5.74) is -1.57. The third-order valence-corrected chi connectivity index (χ3v) is 5.72. The van der Waals surface area contributed by atoms with E-state index in [0.717, 1.165) is 25.7 Å². The Labute approximate surface area is 166 Å². The molecular formula is C18H25F3N6O2. The normalized spacial score (nSPS) is 25.5. The highest BCUT2D eigenvalue weighted by Crippen LogP contribution is 2.35. The van der Waals surface area contributed by atoms with E-state index in [1.807, 2.05) is 0 Å². The van der Waals surface area contributed by atoms with Gasteiger partial charge in [0, 0.05) is 45.3 Å². The second-order valence-corrected chi connectivity index (χ2v) is 7.91. The van der Waals surface area contributed by atoms with E-state index in [4.69, 9.17) is 4.74 Å². The molecule has 1 atom stereocenters. The molecular weight excluding hydrogens is 389 g/mol. The molecule has 0 aliphatic carbocycles. The van der Waals surface area contributed by atoms with Crippen LogP contribution in [0.25, 0.3) is 0 Å². The van der Waals surface area contributed by atoms with E-state index in [-0.39, 0.29) is 30.3 Å². The van der Waals surface area contributed by atoms with E-state index in [9.17, 15) is 18.0 Å². The van der Waals surface area contributed by atoms with Crippen molar-refractivity contribution in [2.75, 3.05) is 57.3 Å². The molecule has 0 spiro atoms. The zero-order valence-electron chi connectivity index (χ0n) is 16.3. The van der Waals surface area contributed by atoms with Crippen LogP contribution in [0.2, 0.25) is 0 Å². The first-order chi connectivity index (χ1) is 13.7. The van der Waals surface area contributed by atoms with Crippen LogP contribution in [0.1, 0.15) is 24.9 Å². The smallest absolute Gasteiger partial charge is 0.365 e. The van der Waals surface area contributed by atoms with Crippen LogP contribution in [-0.4, -0.2) is 79.3 Å². The summed E-state index contributed by atoms with van der Waals surface area (Å²) in [5.74, 6) is 0.343. The van der Waals surface area contributed by atoms with Crippen molar-refractivity contribution < 1.29 is 22.7 Å². The summed E-state index contributed by atoms with van der Waals surface area (Å²) in [7, 11) is 0. The van der Waals surface area contributed by atoms with Gasteiger partial charge in [0.05, 0.1) is 11.6 Å². The number of hydrogen-bond acceptors (Lipinski definition) is 7. The van der Waals surface area contributed by atoms with Gasteiger partial charge >= 0.3 is 6.18 Å². The van der Waals surface area contributed by atoms with Gasteiger partial charge in [-0.25, -0.2) is 9.97 Å². The second-order valence-electron chi connectivity index (χ2n) is 7.91. The molecule has 8 nitrogen and oxygen atoms in total. The Bertz CT molecular complexity index is 758. The average molecular weight is 414 g/mol. The maximum atomic E-state index is 13.3. The van der Waals surface area contributed by atoms with Crippen LogP contribution in [0, 0.1) is 0 Å². The first kappa shape index (κ1) is 20.3. The number of carbonyl (C=O) groups is 1. The van der Waals surface area contributed by atoms with E-state index in [2.05, 4.69) is 20.6 Å². The van der Waals surface area contributed by atoms with E-state index >= 15 is 0 Å². The summed E-state index contributed by atoms with van der Waals surface area (Å²) >= 11 is 0. The minimum Gasteiger partial charge on any atom is -0.365 e. The summed E-state index contributed by atoms with van der Waals surface area (Å²) in [5, 5.41) is 6.29. The molecule has 1 aromatic rings. The molecule has 3 aliphatic rings. The summed E-state index contributed by atoms with van der Waals surface area (Å²) < 4.78 is 45.6. The van der Waals surface area contributed by atoms with Gasteiger partial charge in [-0.05, 0) is 19.9 Å². The van der Waals surface area contributed by atoms with Gasteiger partial charge in [0.2, 0.25) is 5.91 Å². The Morgan fingerprint density at radius 3 is 2.55 bits per heavy atom. The predicted molar refractivity (Wildman–Crippen MR) is 98.4 cm³/mol. The van der Waals surface area contributed by atoms with E-state index in [1.54, 1.807) is 16.7 Å². The van der Waals surface area contributed by atoms with Gasteiger partial charge in [0.1, 0.15) is 18.1 Å². The summed E-state index contributed by atoms with van der Waals surface area (Å²) in [6.07, 6.45) is -4.05. The lowest BCUT2D eigenvalue weighted by atomic mass is 9.89. The third kappa shape index (κ3) is 4.31. The first-order valence-electron chi connectivity index (χ1n) is 9.81. The number of alkyl halides is 3. The maximum Gasteiger partial charge on any atom is 0.433 e. The van der Waals surface area contributed by atoms with Crippen molar-refractivity contribution in [1.82, 2.24) is 25.5 Å². The van der Waals surface area contributed by atoms with Crippen molar-refractivity contribution in [2.45, 2.75) is 31.2 Å². The van der Waals surface area contributed by atoms with E-state index < -0.39 is 17.4 Å². The molecule has 1 aromatic heterocycles. The average Bonchev–Trinajstić information content (AvgIpc) is 2.64. The van der Waals surface area contributed by atoms with E-state index in [0.29, 0.717) is 32.6 Å². The molecule has 0 bridgehead atoms. The second kappa shape index (κ2) is 7.69. The maximum absolute atomic E-state index is 13.3. The molecule has 3 saturated heterocycles. The van der Waals surface area contributed by atoms with Crippen LogP contribution in [0.4, 0.5) is 19.0 Å². The Balaban J connectivity index is 1.37. The van der Waals surface area contributed by atoms with Crippen LogP contribution in [0.3, 0.4) is 0 Å². The Morgan fingerprint density at radius 1 is 1.28 bits per heavy atom. The molecule has 3 aliphatic heterocycles. The molecule has 29 heavy (non-hydrogen) atoms. The van der Waals surface area contributed by atoms with Gasteiger partial charge in [0.15, 0.2) is 5.82 Å². The number of halogens is 3. The highest BCUT2D eigenvalue weighted by molar-refractivity contribution is 5.77. The predicted octanol–water partition coefficient (Wildman–Crippen LogP) is 0.341. The number of nitrogens with one attached hydrogen (secondary N) is 2. The summed E-state index contributed by atoms with van der Waals surface area (Å²) in [4.78, 5) is 23.8. The number of rotatable bonds is 5. The number of aromatic nitrogens is 2. The third-order valence-electron chi connectivity index (χ3n) is 5.72. The number of carbonyl (C=O) groups excluding carboxylic acids is 1. The SMILES string of the molecule is CC1(c2nc(N3CC(OCC(=O)N4CCNCC4)C3)cc(C(F)(F)F)n2)CCN1. The van der Waals surface area contributed by atoms with Crippen molar-refractivity contribution in [1.29, 1.82) is 0 Å². The Kier molecular flexibility index (Phi) is 5.38. The number of ether oxygens (including phenoxy) is 1. The Morgan fingerprint density at radius 2 is 1.97 bits per heavy atom. The molecule has 11 heteroatoms. The fourth-order valence-electron chi connectivity index (χ4n) is 3.60. The first-order valence-corrected chi connectivity index (χ1v) is 9.81. The molecule has 0 radical (unpaired) electrons. The van der Waals surface area contributed by atoms with Crippen LogP contribution in [0.15, 0.2) is 6.07 Å². The topological polar surface area (TPSA) is 82.6 Å². The zero-order chi connectivity index (χ0) is 20.6. The largest absolute Gasteiger partial charge is 0.433 e. The van der Waals surface area contributed by atoms with Crippen molar-refractivity contribution in [2.24, 2.45) is 0 Å². The quantitative estimate of drug-likeness (QED) is 0.719. The van der Waals surface area contributed by atoms with Crippen molar-refractivity contribution in [3.63, 3.8) is 0 Å². The fourth-order valence-corrected chi connectivity index (χ4v) is 3.60. The van der Waals surface area contributed by atoms with Gasteiger partial charge in [-0.15, -0.1) is 0 Å². The number of hydrogen-bond donors (Lipinski definition) is 2. The number of piperazine rings is 1. The monoisotopic (exact) mass is 414 g/mol. The zero-order valence-corrected chi connectivity index (χ0v) is 16.3. The van der Waals surface area contributed by atoms with Gasteiger partial charge in [-0.1, -0.05) is 0 Å². The standard InChI is InChI=1S/C18H25F3N6O2/c1-17(2-3-23-17)16-24-13(18(19,20)21)8-14(25-16)27-9-12(10-27)29-11-15(28)26-6-4-22-5-7-26/h8,12,22-23H,2-7,9-11H2,1H3. The van der Waals surface area contributed by atoms with Gasteiger partial charge in [-0.3, -0.25) is 4.79 Å². The lowest BCUT2D eigenvalue weighted by molar-refractivity contribution is -0.141. The number of anilines is 1. The van der Waals surface area contributed by atoms with Crippen LogP contribution < -0.4 is 15.5 Å². The van der Waals surface area contributed by atoms with Gasteiger partial charge in [-0.2, -0.15) is 13.2 Å². The lowest BCUT2D eigenvalue weighted by Crippen LogP contribution is -2.55. The molecule has 0 saturated carbocycles. The summed E-state index contributed by atoms with van der Waals surface area (Å²) in [6, 6.07) is 0.980. The molecule has 160 valence electrons. The molecule has 1 unspecified atom stereocenters.